The van der Waals surface area contributed by atoms with Crippen molar-refractivity contribution >= 4 is 44.3 Å². The highest BCUT2D eigenvalue weighted by Gasteiger charge is 2.54. The number of rotatable bonds is 27. The molecule has 4 saturated heterocycles. The van der Waals surface area contributed by atoms with Crippen LogP contribution < -0.4 is 45.0 Å². The average molecular weight is 1590 g/mol. The van der Waals surface area contributed by atoms with E-state index in [1.807, 2.05) is 13.8 Å². The second-order valence-corrected chi connectivity index (χ2v) is 30.3. The Morgan fingerprint density at radius 1 is 0.442 bits per heavy atom. The SMILES string of the molecule is COC1[C@@H](OC(C)C)[C@@H](/C(C)=C/P(=O)(O)O)O[C@H]1n1ccc(=O)[nH]c1=O.COC1[C@@H](OC(C)C)[C@@H](C(C)OP(=O)(O)O)O[C@H]1n1ccc(=O)[nH]c1=O.COC1[C@@H](OC(C)C)[C@@H](CCP(=O)(O)O)O[C@H]1n1ccc(=O)[nH]c1=O.COC1[C@@H](OC(C)C)[C@@H]([C@H](C)OP(=O)(O)O)O[C@H]1n1ccc(=O)[nH]c1=O.S. The molecule has 0 aliphatic carbocycles. The van der Waals surface area contributed by atoms with Crippen LogP contribution >= 0.6 is 44.3 Å². The van der Waals surface area contributed by atoms with Crippen molar-refractivity contribution < 1.29 is 123 Å². The molecule has 0 bridgehead atoms. The second kappa shape index (κ2) is 39.3. The molecule has 592 valence electrons. The van der Waals surface area contributed by atoms with E-state index in [0.717, 1.165) is 31.7 Å². The lowest BCUT2D eigenvalue weighted by Crippen LogP contribution is -2.43. The fraction of sp³-hybridized carbons (Fsp3) is 0.684. The number of methoxy groups -OCH3 is 4. The lowest BCUT2D eigenvalue weighted by Gasteiger charge is -2.28. The highest BCUT2D eigenvalue weighted by molar-refractivity contribution is 7.59. The molecule has 42 nitrogen and oxygen atoms in total. The largest absolute Gasteiger partial charge is 0.469 e. The second-order valence-electron chi connectivity index (χ2n) is 24.7. The predicted octanol–water partition coefficient (Wildman–Crippen LogP) is -0.272. The molecule has 8 heterocycles. The van der Waals surface area contributed by atoms with Gasteiger partial charge in [-0.25, -0.2) is 28.3 Å². The van der Waals surface area contributed by atoms with Gasteiger partial charge in [0.2, 0.25) is 0 Å². The third-order valence-corrected chi connectivity index (χ3v) is 18.1. The van der Waals surface area contributed by atoms with E-state index < -0.39 is 186 Å². The van der Waals surface area contributed by atoms with Crippen LogP contribution in [0, 0.1) is 0 Å². The first-order chi connectivity index (χ1) is 47.7. The van der Waals surface area contributed by atoms with Crippen molar-refractivity contribution in [1.29, 1.82) is 0 Å². The van der Waals surface area contributed by atoms with Gasteiger partial charge in [-0.1, -0.05) is 0 Å². The Morgan fingerprint density at radius 3 is 1.00 bits per heavy atom. The molecule has 0 radical (unpaired) electrons. The van der Waals surface area contributed by atoms with Crippen LogP contribution in [0.25, 0.3) is 0 Å². The van der Waals surface area contributed by atoms with Crippen molar-refractivity contribution in [3.05, 3.63) is 144 Å². The van der Waals surface area contributed by atoms with E-state index in [1.165, 1.54) is 90.7 Å². The topological polar surface area (TPSA) is 579 Å². The minimum atomic E-state index is -4.76. The molecule has 0 aromatic carbocycles. The van der Waals surface area contributed by atoms with Crippen LogP contribution in [0.1, 0.15) is 107 Å². The van der Waals surface area contributed by atoms with Gasteiger partial charge in [-0.2, -0.15) is 13.5 Å². The van der Waals surface area contributed by atoms with Crippen molar-refractivity contribution in [2.45, 2.75) is 217 Å². The normalized spacial score (nSPS) is 27.2. The van der Waals surface area contributed by atoms with Crippen LogP contribution in [0.5, 0.6) is 0 Å². The maximum atomic E-state index is 12.1. The van der Waals surface area contributed by atoms with Crippen molar-refractivity contribution in [3.63, 3.8) is 0 Å². The smallest absolute Gasteiger partial charge is 0.374 e. The molecular weight excluding hydrogens is 1500 g/mol. The molecule has 4 aromatic heterocycles. The Labute approximate surface area is 599 Å². The number of ether oxygens (including phenoxy) is 12. The zero-order chi connectivity index (χ0) is 77.7. The molecule has 4 fully saturated rings. The Kier molecular flexibility index (Phi) is 34.5. The van der Waals surface area contributed by atoms with Crippen LogP contribution in [0.15, 0.2) is 98.8 Å². The zero-order valence-electron chi connectivity index (χ0n) is 59.1. The minimum absolute atomic E-state index is 0. The summed E-state index contributed by atoms with van der Waals surface area (Å²) in [6, 6.07) is 4.65. The summed E-state index contributed by atoms with van der Waals surface area (Å²) < 4.78 is 127. The fourth-order valence-corrected chi connectivity index (χ4v) is 13.9. The van der Waals surface area contributed by atoms with E-state index in [4.69, 9.17) is 95.3 Å². The molecule has 47 heteroatoms. The van der Waals surface area contributed by atoms with Gasteiger partial charge in [0.1, 0.15) is 67.1 Å². The molecule has 4 aromatic rings. The molecule has 4 aliphatic rings. The van der Waals surface area contributed by atoms with Crippen molar-refractivity contribution in [3.8, 4) is 0 Å². The van der Waals surface area contributed by atoms with E-state index in [-0.39, 0.29) is 56.1 Å². The third-order valence-electron chi connectivity index (χ3n) is 15.3. The van der Waals surface area contributed by atoms with Gasteiger partial charge in [0, 0.05) is 83.3 Å². The number of aromatic amines is 4. The molecule has 12 N–H and O–H groups in total. The first-order valence-corrected chi connectivity index (χ1v) is 38.1. The summed E-state index contributed by atoms with van der Waals surface area (Å²) in [5.41, 5.74) is -4.75. The quantitative estimate of drug-likeness (QED) is 0.0342. The number of hydrogen-bond acceptors (Lipinski definition) is 26. The lowest BCUT2D eigenvalue weighted by atomic mass is 10.0. The molecule has 5 unspecified atom stereocenters. The van der Waals surface area contributed by atoms with Crippen molar-refractivity contribution in [1.82, 2.24) is 38.2 Å². The van der Waals surface area contributed by atoms with Gasteiger partial charge in [-0.3, -0.25) is 75.6 Å². The van der Waals surface area contributed by atoms with E-state index >= 15 is 0 Å². The summed E-state index contributed by atoms with van der Waals surface area (Å²) in [4.78, 5) is 175. The highest BCUT2D eigenvalue weighted by atomic mass is 32.1. The number of hydrogen-bond donors (Lipinski definition) is 12. The van der Waals surface area contributed by atoms with E-state index in [2.05, 4.69) is 19.9 Å². The van der Waals surface area contributed by atoms with Crippen molar-refractivity contribution in [2.75, 3.05) is 34.6 Å². The molecule has 0 saturated carbocycles. The van der Waals surface area contributed by atoms with Gasteiger partial charge in [-0.05, 0) is 88.2 Å². The van der Waals surface area contributed by atoms with E-state index in [0.29, 0.717) is 0 Å². The van der Waals surface area contributed by atoms with Crippen molar-refractivity contribution in [2.24, 2.45) is 0 Å². The van der Waals surface area contributed by atoms with Gasteiger partial charge in [0.15, 0.2) is 24.9 Å². The summed E-state index contributed by atoms with van der Waals surface area (Å²) in [7, 11) is -12.5. The number of phosphoric acid groups is 2. The van der Waals surface area contributed by atoms with Crippen LogP contribution in [0.2, 0.25) is 0 Å². The predicted molar refractivity (Wildman–Crippen MR) is 367 cm³/mol. The maximum absolute atomic E-state index is 12.1. The van der Waals surface area contributed by atoms with Crippen LogP contribution in [0.3, 0.4) is 0 Å². The van der Waals surface area contributed by atoms with Crippen LogP contribution in [0.4, 0.5) is 0 Å². The Morgan fingerprint density at radius 2 is 0.721 bits per heavy atom. The van der Waals surface area contributed by atoms with Gasteiger partial charge in [-0.15, -0.1) is 0 Å². The van der Waals surface area contributed by atoms with Gasteiger partial charge in [0.25, 0.3) is 22.2 Å². The molecule has 104 heavy (non-hydrogen) atoms. The van der Waals surface area contributed by atoms with Crippen LogP contribution in [-0.2, 0) is 84.2 Å². The summed E-state index contributed by atoms with van der Waals surface area (Å²) in [6.45, 7) is 18.7. The highest BCUT2D eigenvalue weighted by Crippen LogP contribution is 2.46. The number of nitrogens with zero attached hydrogens (tertiary/aromatic N) is 4. The van der Waals surface area contributed by atoms with Crippen LogP contribution in [-0.4, -0.2) is 222 Å². The Bertz CT molecular complexity index is 4020. The maximum Gasteiger partial charge on any atom is 0.469 e. The molecule has 4 aliphatic heterocycles. The fourth-order valence-electron chi connectivity index (χ4n) is 11.5. The number of phosphoric ester groups is 2. The molecule has 8 rings (SSSR count). The number of nitrogens with one attached hydrogen (secondary N) is 4. The summed E-state index contributed by atoms with van der Waals surface area (Å²) in [5, 5.41) is 0. The van der Waals surface area contributed by atoms with E-state index in [1.54, 1.807) is 41.5 Å². The van der Waals surface area contributed by atoms with Gasteiger partial charge in [0.05, 0.1) is 48.9 Å². The number of aromatic nitrogens is 8. The summed E-state index contributed by atoms with van der Waals surface area (Å²) in [5.74, 6) is 0.805. The molecular formula is C57H94N8O34P4S. The van der Waals surface area contributed by atoms with Gasteiger partial charge < -0.3 is 96.0 Å². The standard InChI is InChI=1S/C15H23N2O8P.2C14H23N2O9P.C14H23N2O8P.H2S/c1-8(2)24-12-11(9(3)7-26(20,21)22)25-14(13(12)23-4)17-6-5-10(18)16-15(17)19;2*1-7(2)23-11-10(8(3)25-26(19,20)21)24-13(12(11)22-4)16-6-5-9(17)15-14(16)18;1-8(2)23-11-9(5-7-25(19,20)21)24-13(12(11)22-3)16-6-4-10(17)15-14(16)18;/h5-8,11-14H,1-4H3,(H,16,18,19)(H2,20,21,22);2*5-8,10-13H,1-4H3,(H,15,17,18)(H2,19,20,21);4,6,8-9,11-13H,5,7H2,1-3H3,(H,15,17,18)(H2,19,20,21);1H2/b9-7+;;;;/t11-,12+,13?,14-;8?,10-,11+,12?,13-;8-,10+,11-,12?,13+;9-,11+,12?,13-;/m1101./s1. The third kappa shape index (κ3) is 26.3. The number of H-pyrrole nitrogens is 4. The monoisotopic (exact) mass is 1590 g/mol. The first kappa shape index (κ1) is 91.2. The lowest BCUT2D eigenvalue weighted by molar-refractivity contribution is -0.102. The van der Waals surface area contributed by atoms with E-state index in [9.17, 15) is 66.4 Å². The zero-order valence-corrected chi connectivity index (χ0v) is 63.7. The molecule has 0 spiro atoms. The Balaban J connectivity index is 0.000000293. The molecule has 18 atom stereocenters. The average Bonchev–Trinajstić information content (AvgIpc) is 1.65. The Hall–Kier alpha value is -5.15. The summed E-state index contributed by atoms with van der Waals surface area (Å²) in [6.07, 6.45) is -11.4. The summed E-state index contributed by atoms with van der Waals surface area (Å²) >= 11 is 0. The van der Waals surface area contributed by atoms with Gasteiger partial charge >= 0.3 is 53.6 Å². The minimum Gasteiger partial charge on any atom is -0.374 e. The first-order valence-electron chi connectivity index (χ1n) is 31.6. The molecule has 0 amide bonds.